The molecule has 0 atom stereocenters. The van der Waals surface area contributed by atoms with E-state index in [1.54, 1.807) is 18.2 Å². The van der Waals surface area contributed by atoms with Gasteiger partial charge in [-0.3, -0.25) is 0 Å². The van der Waals surface area contributed by atoms with Gasteiger partial charge in [-0.1, -0.05) is 24.3 Å². The van der Waals surface area contributed by atoms with E-state index >= 15 is 0 Å². The summed E-state index contributed by atoms with van der Waals surface area (Å²) in [5, 5.41) is 2.24. The van der Waals surface area contributed by atoms with Gasteiger partial charge in [0.25, 0.3) is 0 Å². The molecule has 0 amide bonds. The predicted octanol–water partition coefficient (Wildman–Crippen LogP) is 4.56. The van der Waals surface area contributed by atoms with Gasteiger partial charge in [-0.2, -0.15) is 0 Å². The molecule has 7 aromatic rings. The molecule has 0 fully saturated rings. The second-order valence-electron chi connectivity index (χ2n) is 17.9. The van der Waals surface area contributed by atoms with Gasteiger partial charge >= 0.3 is 0 Å². The zero-order valence-electron chi connectivity index (χ0n) is 39.6. The summed E-state index contributed by atoms with van der Waals surface area (Å²) in [7, 11) is -0.405. The van der Waals surface area contributed by atoms with Gasteiger partial charge in [-0.15, -0.1) is 0 Å². The standard InChI is InChI=1S/C47H54N14O6S3/c1-59(2)23-9-20-48-68(62,63)29-14-17-34-37(26-29)45-54-41-33-13-8-7-12-32(33)40(51-41)52-42-35-18-15-30(69(64,65)49-21-10-24-60(3)4)27-38(35)46(56-42)58-47-39-28-31(70(66,67)50-22-11-25-61(5)6)16-19-36(39)44(57-47)53-43(34)55-45/h7-8,12-19,26-28,48-50H,9-11,20-25H2,1-6H3,(H2,51,52,53,54,55,56,57,58). The smallest absolute Gasteiger partial charge is 0.240 e. The fourth-order valence-electron chi connectivity index (χ4n) is 8.24. The van der Waals surface area contributed by atoms with Crippen LogP contribution in [0.25, 0.3) is 89.7 Å². The van der Waals surface area contributed by atoms with Crippen LogP contribution in [0.4, 0.5) is 0 Å². The van der Waals surface area contributed by atoms with Crippen molar-refractivity contribution in [2.75, 3.05) is 81.6 Å². The first-order chi connectivity index (χ1) is 33.4. The van der Waals surface area contributed by atoms with Gasteiger partial charge in [0.05, 0.1) is 14.7 Å². The lowest BCUT2D eigenvalue weighted by atomic mass is 10.1. The largest absolute Gasteiger partial charge is 0.324 e. The van der Waals surface area contributed by atoms with Crippen LogP contribution in [0.5, 0.6) is 0 Å². The van der Waals surface area contributed by atoms with Gasteiger partial charge in [0.15, 0.2) is 23.3 Å². The van der Waals surface area contributed by atoms with Gasteiger partial charge in [0.2, 0.25) is 30.1 Å². The minimum Gasteiger partial charge on any atom is -0.324 e. The van der Waals surface area contributed by atoms with Crippen molar-refractivity contribution in [1.82, 2.24) is 68.7 Å². The first-order valence-electron chi connectivity index (χ1n) is 22.6. The summed E-state index contributed by atoms with van der Waals surface area (Å²) in [6, 6.07) is 21.4. The SMILES string of the molecule is CN(C)CCCNS(=O)(=O)c1ccc2c(c1)-c1nc-2nc2[nH]c(nc3nc(nc4[nH]c(n1)c1ccccc41)-c1ccc(S(=O)(=O)NCCCN(C)C)cc1-3)c1cc(S(=O)(=O)NCCCN(C)C)ccc21. The fourth-order valence-corrected chi connectivity index (χ4v) is 11.5. The number of hydrogen-bond acceptors (Lipinski definition) is 15. The van der Waals surface area contributed by atoms with Crippen molar-refractivity contribution in [3.8, 4) is 45.6 Å². The number of benzene rings is 4. The number of sulfonamides is 3. The zero-order chi connectivity index (χ0) is 49.5. The maximum Gasteiger partial charge on any atom is 0.240 e. The average Bonchev–Trinajstić information content (AvgIpc) is 4.05. The van der Waals surface area contributed by atoms with E-state index in [1.807, 2.05) is 81.3 Å². The van der Waals surface area contributed by atoms with Crippen LogP contribution in [0.3, 0.4) is 0 Å². The van der Waals surface area contributed by atoms with Crippen LogP contribution in [-0.2, 0) is 30.1 Å². The molecule has 9 rings (SSSR count). The van der Waals surface area contributed by atoms with Crippen LogP contribution >= 0.6 is 0 Å². The van der Waals surface area contributed by atoms with E-state index in [9.17, 15) is 25.3 Å². The third-order valence-corrected chi connectivity index (χ3v) is 16.2. The highest BCUT2D eigenvalue weighted by Gasteiger charge is 2.27. The van der Waals surface area contributed by atoms with E-state index in [-0.39, 0.29) is 68.9 Å². The molecule has 23 heteroatoms. The number of hydrogen-bond donors (Lipinski definition) is 5. The van der Waals surface area contributed by atoms with Crippen LogP contribution in [0.2, 0.25) is 0 Å². The number of aromatic amines is 2. The second kappa shape index (κ2) is 19.6. The normalized spacial score (nSPS) is 13.0. The molecule has 0 unspecified atom stereocenters. The Bertz CT molecular complexity index is 3680. The van der Waals surface area contributed by atoms with Crippen molar-refractivity contribution < 1.29 is 25.3 Å². The summed E-state index contributed by atoms with van der Waals surface area (Å²) in [6.07, 6.45) is 1.79. The molecule has 0 aliphatic carbocycles. The molecule has 70 heavy (non-hydrogen) atoms. The molecule has 0 saturated carbocycles. The van der Waals surface area contributed by atoms with Crippen LogP contribution in [0.1, 0.15) is 19.3 Å². The lowest BCUT2D eigenvalue weighted by molar-refractivity contribution is 0.400. The van der Waals surface area contributed by atoms with Crippen molar-refractivity contribution in [2.45, 2.75) is 33.9 Å². The molecule has 0 spiro atoms. The zero-order valence-corrected chi connectivity index (χ0v) is 42.0. The van der Waals surface area contributed by atoms with E-state index in [2.05, 4.69) is 24.1 Å². The Morgan fingerprint density at radius 3 is 1.11 bits per heavy atom. The second-order valence-corrected chi connectivity index (χ2v) is 23.2. The summed E-state index contributed by atoms with van der Waals surface area (Å²) in [5.41, 5.74) is 2.98. The quantitative estimate of drug-likeness (QED) is 0.0739. The molecule has 4 aromatic carbocycles. The molecule has 0 radical (unpaired) electrons. The van der Waals surface area contributed by atoms with Crippen molar-refractivity contribution in [3.05, 3.63) is 78.9 Å². The van der Waals surface area contributed by atoms with Crippen molar-refractivity contribution in [3.63, 3.8) is 0 Å². The lowest BCUT2D eigenvalue weighted by Crippen LogP contribution is -2.27. The van der Waals surface area contributed by atoms with Crippen LogP contribution in [0, 0.1) is 0 Å². The Balaban J connectivity index is 1.29. The van der Waals surface area contributed by atoms with Gasteiger partial charge in [-0.25, -0.2) is 69.3 Å². The van der Waals surface area contributed by atoms with E-state index in [0.29, 0.717) is 94.0 Å². The third kappa shape index (κ3) is 10.2. The molecule has 5 N–H and O–H groups in total. The number of H-pyrrole nitrogens is 2. The lowest BCUT2D eigenvalue weighted by Gasteiger charge is -2.11. The van der Waals surface area contributed by atoms with Crippen LogP contribution < -0.4 is 14.2 Å². The summed E-state index contributed by atoms with van der Waals surface area (Å²) >= 11 is 0. The number of nitrogens with zero attached hydrogens (tertiary/aromatic N) is 9. The van der Waals surface area contributed by atoms with Gasteiger partial charge in [-0.05, 0) is 136 Å². The van der Waals surface area contributed by atoms with E-state index in [1.165, 1.54) is 36.4 Å². The molecule has 20 nitrogen and oxygen atoms in total. The third-order valence-electron chi connectivity index (χ3n) is 11.8. The summed E-state index contributed by atoms with van der Waals surface area (Å²) in [4.78, 5) is 42.4. The molecule has 3 aromatic heterocycles. The molecule has 0 saturated heterocycles. The molecule has 5 heterocycles. The minimum atomic E-state index is -4.00. The topological polar surface area (TPSA) is 257 Å². The van der Waals surface area contributed by atoms with Gasteiger partial charge < -0.3 is 24.7 Å². The summed E-state index contributed by atoms with van der Waals surface area (Å²) < 4.78 is 90.5. The Hall–Kier alpha value is -6.15. The maximum atomic E-state index is 13.8. The molecule has 2 aliphatic heterocycles. The van der Waals surface area contributed by atoms with Crippen molar-refractivity contribution >= 4 is 74.2 Å². The molecule has 366 valence electrons. The maximum absolute atomic E-state index is 13.8. The average molecular weight is 1010 g/mol. The van der Waals surface area contributed by atoms with E-state index < -0.39 is 30.1 Å². The number of nitrogens with one attached hydrogen (secondary N) is 5. The number of rotatable bonds is 18. The highest BCUT2D eigenvalue weighted by atomic mass is 32.2. The Labute approximate surface area is 406 Å². The van der Waals surface area contributed by atoms with Crippen LogP contribution in [0.15, 0.2) is 93.5 Å². The predicted molar refractivity (Wildman–Crippen MR) is 271 cm³/mol. The van der Waals surface area contributed by atoms with Crippen molar-refractivity contribution in [1.29, 1.82) is 0 Å². The highest BCUT2D eigenvalue weighted by Crippen LogP contribution is 2.39. The summed E-state index contributed by atoms with van der Waals surface area (Å²) in [5.74, 6) is 0.715. The molecule has 8 bridgehead atoms. The monoisotopic (exact) mass is 1010 g/mol. The Morgan fingerprint density at radius 1 is 0.400 bits per heavy atom. The Kier molecular flexibility index (Phi) is 13.7. The highest BCUT2D eigenvalue weighted by molar-refractivity contribution is 7.90. The molecular weight excluding hydrogens is 953 g/mol. The van der Waals surface area contributed by atoms with Gasteiger partial charge in [0.1, 0.15) is 22.6 Å². The van der Waals surface area contributed by atoms with Crippen molar-refractivity contribution in [2.24, 2.45) is 0 Å². The number of fused-ring (bicyclic) bond motifs is 20. The van der Waals surface area contributed by atoms with E-state index in [4.69, 9.17) is 29.9 Å². The van der Waals surface area contributed by atoms with Crippen LogP contribution in [-0.4, -0.2) is 161 Å². The summed E-state index contributed by atoms with van der Waals surface area (Å²) in [6.45, 7) is 2.76. The first-order valence-corrected chi connectivity index (χ1v) is 27.1. The van der Waals surface area contributed by atoms with Gasteiger partial charge in [0, 0.05) is 63.4 Å². The molecule has 2 aliphatic rings. The Morgan fingerprint density at radius 2 is 0.729 bits per heavy atom. The fraction of sp³-hybridized carbons (Fsp3) is 0.319. The first kappa shape index (κ1) is 48.9. The minimum absolute atomic E-state index is 0.000833. The molecular formula is C47H54N14O6S3. The number of aromatic nitrogens is 8. The van der Waals surface area contributed by atoms with E-state index in [0.717, 1.165) is 0 Å².